The molecule has 0 N–H and O–H groups in total. The molecule has 2 rings (SSSR count). The van der Waals surface area contributed by atoms with Crippen LogP contribution in [-0.2, 0) is 9.53 Å². The molecule has 0 radical (unpaired) electrons. The van der Waals surface area contributed by atoms with Crippen molar-refractivity contribution in [1.29, 1.82) is 0 Å². The molecule has 0 spiro atoms. The van der Waals surface area contributed by atoms with Crippen molar-refractivity contribution in [3.63, 3.8) is 0 Å². The number of carbonyl (C=O) groups is 1. The summed E-state index contributed by atoms with van der Waals surface area (Å²) >= 11 is 0. The SMILES string of the molecule is CCOC(=O)C1=NN(CC)[C@H](c2ccccc2)C1. The van der Waals surface area contributed by atoms with Gasteiger partial charge in [0.1, 0.15) is 5.71 Å². The molecule has 0 amide bonds. The first-order valence-corrected chi connectivity index (χ1v) is 6.32. The molecule has 0 aromatic heterocycles. The van der Waals surface area contributed by atoms with Gasteiger partial charge in [0, 0.05) is 13.0 Å². The fourth-order valence-electron chi connectivity index (χ4n) is 2.15. The summed E-state index contributed by atoms with van der Waals surface area (Å²) in [5, 5.41) is 6.30. The van der Waals surface area contributed by atoms with Gasteiger partial charge in [-0.1, -0.05) is 30.3 Å². The third-order valence-electron chi connectivity index (χ3n) is 3.02. The number of ether oxygens (including phenoxy) is 1. The fraction of sp³-hybridized carbons (Fsp3) is 0.429. The number of nitrogens with zero attached hydrogens (tertiary/aromatic N) is 2. The first-order valence-electron chi connectivity index (χ1n) is 6.32. The van der Waals surface area contributed by atoms with E-state index in [0.29, 0.717) is 18.7 Å². The average molecular weight is 246 g/mol. The molecule has 0 bridgehead atoms. The van der Waals surface area contributed by atoms with Gasteiger partial charge in [-0.25, -0.2) is 4.79 Å². The van der Waals surface area contributed by atoms with Crippen molar-refractivity contribution in [2.75, 3.05) is 13.2 Å². The Balaban J connectivity index is 2.15. The van der Waals surface area contributed by atoms with Gasteiger partial charge in [0.2, 0.25) is 0 Å². The molecule has 4 heteroatoms. The average Bonchev–Trinajstić information content (AvgIpc) is 2.84. The lowest BCUT2D eigenvalue weighted by Crippen LogP contribution is -2.19. The predicted octanol–water partition coefficient (Wildman–Crippen LogP) is 2.37. The highest BCUT2D eigenvalue weighted by atomic mass is 16.5. The lowest BCUT2D eigenvalue weighted by molar-refractivity contribution is -0.135. The monoisotopic (exact) mass is 246 g/mol. The normalized spacial score (nSPS) is 18.7. The van der Waals surface area contributed by atoms with Crippen LogP contribution in [0.25, 0.3) is 0 Å². The van der Waals surface area contributed by atoms with Crippen LogP contribution in [0.1, 0.15) is 31.9 Å². The summed E-state index contributed by atoms with van der Waals surface area (Å²) in [6, 6.07) is 10.3. The van der Waals surface area contributed by atoms with E-state index in [-0.39, 0.29) is 12.0 Å². The third-order valence-corrected chi connectivity index (χ3v) is 3.02. The minimum absolute atomic E-state index is 0.149. The van der Waals surface area contributed by atoms with Gasteiger partial charge in [0.25, 0.3) is 0 Å². The van der Waals surface area contributed by atoms with Crippen molar-refractivity contribution < 1.29 is 9.53 Å². The van der Waals surface area contributed by atoms with Gasteiger partial charge in [-0.3, -0.25) is 5.01 Å². The Hall–Kier alpha value is -1.84. The van der Waals surface area contributed by atoms with Crippen LogP contribution in [0.5, 0.6) is 0 Å². The molecular weight excluding hydrogens is 228 g/mol. The van der Waals surface area contributed by atoms with E-state index in [2.05, 4.69) is 17.2 Å². The summed E-state index contributed by atoms with van der Waals surface area (Å²) in [5.41, 5.74) is 1.70. The van der Waals surface area contributed by atoms with Crippen LogP contribution in [0.2, 0.25) is 0 Å². The highest BCUT2D eigenvalue weighted by molar-refractivity contribution is 6.36. The zero-order chi connectivity index (χ0) is 13.0. The molecule has 96 valence electrons. The maximum Gasteiger partial charge on any atom is 0.354 e. The van der Waals surface area contributed by atoms with Crippen LogP contribution in [0.4, 0.5) is 0 Å². The second-order valence-corrected chi connectivity index (χ2v) is 4.15. The van der Waals surface area contributed by atoms with E-state index in [1.807, 2.05) is 30.1 Å². The maximum atomic E-state index is 11.7. The van der Waals surface area contributed by atoms with Crippen molar-refractivity contribution in [3.8, 4) is 0 Å². The van der Waals surface area contributed by atoms with E-state index >= 15 is 0 Å². The summed E-state index contributed by atoms with van der Waals surface area (Å²) in [7, 11) is 0. The van der Waals surface area contributed by atoms with Gasteiger partial charge in [0.15, 0.2) is 0 Å². The Bertz CT molecular complexity index is 442. The van der Waals surface area contributed by atoms with Crippen molar-refractivity contribution in [2.45, 2.75) is 26.3 Å². The summed E-state index contributed by atoms with van der Waals surface area (Å²) in [4.78, 5) is 11.7. The topological polar surface area (TPSA) is 41.9 Å². The molecule has 1 heterocycles. The van der Waals surface area contributed by atoms with Crippen LogP contribution < -0.4 is 0 Å². The van der Waals surface area contributed by atoms with Crippen LogP contribution in [0.15, 0.2) is 35.4 Å². The maximum absolute atomic E-state index is 11.7. The lowest BCUT2D eigenvalue weighted by Gasteiger charge is -2.21. The first-order chi connectivity index (χ1) is 8.76. The summed E-state index contributed by atoms with van der Waals surface area (Å²) in [6.45, 7) is 5.01. The smallest absolute Gasteiger partial charge is 0.354 e. The van der Waals surface area contributed by atoms with Gasteiger partial charge in [-0.15, -0.1) is 0 Å². The van der Waals surface area contributed by atoms with Gasteiger partial charge >= 0.3 is 5.97 Å². The second kappa shape index (κ2) is 5.67. The van der Waals surface area contributed by atoms with Crippen molar-refractivity contribution in [1.82, 2.24) is 5.01 Å². The second-order valence-electron chi connectivity index (χ2n) is 4.15. The molecule has 0 unspecified atom stereocenters. The van der Waals surface area contributed by atoms with Crippen molar-refractivity contribution in [2.24, 2.45) is 5.10 Å². The Morgan fingerprint density at radius 1 is 1.39 bits per heavy atom. The Morgan fingerprint density at radius 2 is 2.11 bits per heavy atom. The number of benzene rings is 1. The number of carbonyl (C=O) groups excluding carboxylic acids is 1. The number of esters is 1. The number of rotatable bonds is 4. The molecule has 1 aromatic rings. The highest BCUT2D eigenvalue weighted by Crippen LogP contribution is 2.30. The fourth-order valence-corrected chi connectivity index (χ4v) is 2.15. The molecule has 0 saturated carbocycles. The largest absolute Gasteiger partial charge is 0.461 e. The Kier molecular flexibility index (Phi) is 3.97. The molecule has 0 saturated heterocycles. The standard InChI is InChI=1S/C14H18N2O2/c1-3-16-13(11-8-6-5-7-9-11)10-12(15-16)14(17)18-4-2/h5-9,13H,3-4,10H2,1-2H3/t13-/m0/s1. The van der Waals surface area contributed by atoms with Crippen molar-refractivity contribution >= 4 is 11.7 Å². The Morgan fingerprint density at radius 3 is 2.72 bits per heavy atom. The van der Waals surface area contributed by atoms with E-state index < -0.39 is 0 Å². The van der Waals surface area contributed by atoms with Gasteiger partial charge in [0.05, 0.1) is 12.6 Å². The zero-order valence-electron chi connectivity index (χ0n) is 10.8. The molecule has 0 aliphatic carbocycles. The van der Waals surface area contributed by atoms with Crippen molar-refractivity contribution in [3.05, 3.63) is 35.9 Å². The molecule has 1 aromatic carbocycles. The lowest BCUT2D eigenvalue weighted by atomic mass is 10.0. The molecule has 1 aliphatic rings. The quantitative estimate of drug-likeness (QED) is 0.766. The molecular formula is C14H18N2O2. The summed E-state index contributed by atoms with van der Waals surface area (Å²) in [6.07, 6.45) is 0.622. The van der Waals surface area contributed by atoms with Gasteiger partial charge < -0.3 is 4.74 Å². The highest BCUT2D eigenvalue weighted by Gasteiger charge is 2.30. The molecule has 18 heavy (non-hydrogen) atoms. The minimum atomic E-state index is -0.297. The van der Waals surface area contributed by atoms with E-state index in [1.54, 1.807) is 6.92 Å². The number of hydrogen-bond donors (Lipinski definition) is 0. The van der Waals surface area contributed by atoms with E-state index in [1.165, 1.54) is 5.56 Å². The molecule has 1 aliphatic heterocycles. The molecule has 4 nitrogen and oxygen atoms in total. The summed E-state index contributed by atoms with van der Waals surface area (Å²) in [5.74, 6) is -0.297. The van der Waals surface area contributed by atoms with E-state index in [0.717, 1.165) is 6.54 Å². The summed E-state index contributed by atoms with van der Waals surface area (Å²) < 4.78 is 5.01. The first kappa shape index (κ1) is 12.6. The molecule has 0 fully saturated rings. The number of hydrazone groups is 1. The number of hydrogen-bond acceptors (Lipinski definition) is 4. The van der Waals surface area contributed by atoms with Crippen LogP contribution in [0.3, 0.4) is 0 Å². The zero-order valence-corrected chi connectivity index (χ0v) is 10.8. The third kappa shape index (κ3) is 2.53. The van der Waals surface area contributed by atoms with Gasteiger partial charge in [-0.05, 0) is 19.4 Å². The van der Waals surface area contributed by atoms with Crippen LogP contribution >= 0.6 is 0 Å². The van der Waals surface area contributed by atoms with Crippen LogP contribution in [-0.4, -0.2) is 29.8 Å². The predicted molar refractivity (Wildman–Crippen MR) is 70.2 cm³/mol. The van der Waals surface area contributed by atoms with Crippen LogP contribution in [0, 0.1) is 0 Å². The molecule has 1 atom stereocenters. The Labute approximate surface area is 107 Å². The minimum Gasteiger partial charge on any atom is -0.461 e. The van der Waals surface area contributed by atoms with E-state index in [4.69, 9.17) is 4.74 Å². The van der Waals surface area contributed by atoms with Gasteiger partial charge in [-0.2, -0.15) is 5.10 Å². The van der Waals surface area contributed by atoms with E-state index in [9.17, 15) is 4.79 Å².